The van der Waals surface area contributed by atoms with Gasteiger partial charge in [-0.25, -0.2) is 0 Å². The third-order valence-electron chi connectivity index (χ3n) is 5.80. The molecule has 0 amide bonds. The number of carboxylic acid groups (broad SMARTS) is 1. The summed E-state index contributed by atoms with van der Waals surface area (Å²) < 4.78 is 5.88. The number of carbonyl (C=O) groups is 1. The van der Waals surface area contributed by atoms with E-state index in [4.69, 9.17) is 4.74 Å². The first-order valence-corrected chi connectivity index (χ1v) is 7.55. The smallest absolute Gasteiger partial charge is 0.312 e. The maximum Gasteiger partial charge on any atom is 0.312 e. The standard InChI is InChI=1S/C15H24O3/c1-2-10-3-5-11(6-4-10)15(14(16)17)9-12-7-8-13(15)18-12/h10-13H,2-9H2,1H3,(H,16,17). The highest BCUT2D eigenvalue weighted by atomic mass is 16.5. The van der Waals surface area contributed by atoms with Crippen molar-refractivity contribution in [3.05, 3.63) is 0 Å². The molecular formula is C15H24O3. The maximum atomic E-state index is 11.9. The van der Waals surface area contributed by atoms with E-state index in [2.05, 4.69) is 6.92 Å². The van der Waals surface area contributed by atoms with Crippen molar-refractivity contribution in [2.45, 2.75) is 70.5 Å². The summed E-state index contributed by atoms with van der Waals surface area (Å²) in [6.45, 7) is 2.25. The van der Waals surface area contributed by atoms with Crippen LogP contribution in [0.4, 0.5) is 0 Å². The monoisotopic (exact) mass is 252 g/mol. The average Bonchev–Trinajstić information content (AvgIpc) is 2.99. The van der Waals surface area contributed by atoms with Crippen molar-refractivity contribution >= 4 is 5.97 Å². The fourth-order valence-electron chi connectivity index (χ4n) is 4.66. The summed E-state index contributed by atoms with van der Waals surface area (Å²) in [6.07, 6.45) is 8.91. The minimum Gasteiger partial charge on any atom is -0.481 e. The lowest BCUT2D eigenvalue weighted by molar-refractivity contribution is -0.158. The van der Waals surface area contributed by atoms with Crippen molar-refractivity contribution < 1.29 is 14.6 Å². The lowest BCUT2D eigenvalue weighted by atomic mass is 9.60. The summed E-state index contributed by atoms with van der Waals surface area (Å²) in [5.41, 5.74) is -0.540. The number of rotatable bonds is 3. The molecule has 0 aromatic carbocycles. The Bertz CT molecular complexity index is 333. The van der Waals surface area contributed by atoms with Crippen LogP contribution in [0.1, 0.15) is 58.3 Å². The predicted octanol–water partition coefficient (Wildman–Crippen LogP) is 3.23. The number of hydrogen-bond acceptors (Lipinski definition) is 2. The highest BCUT2D eigenvalue weighted by Crippen LogP contribution is 2.56. The zero-order valence-corrected chi connectivity index (χ0v) is 11.2. The normalized spacial score (nSPS) is 47.4. The van der Waals surface area contributed by atoms with E-state index < -0.39 is 11.4 Å². The fraction of sp³-hybridized carbons (Fsp3) is 0.933. The van der Waals surface area contributed by atoms with Gasteiger partial charge in [-0.15, -0.1) is 0 Å². The molecule has 102 valence electrons. The molecule has 2 saturated heterocycles. The van der Waals surface area contributed by atoms with Gasteiger partial charge in [0.15, 0.2) is 0 Å². The van der Waals surface area contributed by atoms with Crippen molar-refractivity contribution in [1.82, 2.24) is 0 Å². The molecule has 0 aromatic rings. The van der Waals surface area contributed by atoms with E-state index in [1.807, 2.05) is 0 Å². The van der Waals surface area contributed by atoms with Crippen LogP contribution in [0, 0.1) is 17.3 Å². The summed E-state index contributed by atoms with van der Waals surface area (Å²) >= 11 is 0. The maximum absolute atomic E-state index is 11.9. The molecule has 0 spiro atoms. The molecule has 18 heavy (non-hydrogen) atoms. The van der Waals surface area contributed by atoms with Crippen LogP contribution >= 0.6 is 0 Å². The molecule has 2 heterocycles. The summed E-state index contributed by atoms with van der Waals surface area (Å²) in [4.78, 5) is 11.9. The molecule has 3 unspecified atom stereocenters. The summed E-state index contributed by atoms with van der Waals surface area (Å²) in [5, 5.41) is 9.78. The lowest BCUT2D eigenvalue weighted by Gasteiger charge is -2.42. The molecule has 2 bridgehead atoms. The van der Waals surface area contributed by atoms with Gasteiger partial charge in [-0.1, -0.05) is 26.2 Å². The average molecular weight is 252 g/mol. The Labute approximate surface area is 109 Å². The number of hydrogen-bond donors (Lipinski definition) is 1. The molecule has 3 aliphatic rings. The molecule has 0 aromatic heterocycles. The van der Waals surface area contributed by atoms with Crippen molar-refractivity contribution in [1.29, 1.82) is 0 Å². The van der Waals surface area contributed by atoms with Crippen molar-refractivity contribution in [3.63, 3.8) is 0 Å². The van der Waals surface area contributed by atoms with E-state index in [0.29, 0.717) is 5.92 Å². The van der Waals surface area contributed by atoms with Gasteiger partial charge in [0.05, 0.1) is 17.6 Å². The van der Waals surface area contributed by atoms with Gasteiger partial charge in [-0.05, 0) is 43.9 Å². The second-order valence-corrected chi connectivity index (χ2v) is 6.50. The number of ether oxygens (including phenoxy) is 1. The van der Waals surface area contributed by atoms with E-state index in [9.17, 15) is 9.90 Å². The molecule has 3 atom stereocenters. The van der Waals surface area contributed by atoms with Crippen LogP contribution in [0.5, 0.6) is 0 Å². The predicted molar refractivity (Wildman–Crippen MR) is 68.3 cm³/mol. The van der Waals surface area contributed by atoms with Gasteiger partial charge >= 0.3 is 5.97 Å². The highest BCUT2D eigenvalue weighted by Gasteiger charge is 2.61. The van der Waals surface area contributed by atoms with E-state index in [-0.39, 0.29) is 12.2 Å². The van der Waals surface area contributed by atoms with Gasteiger partial charge in [0.25, 0.3) is 0 Å². The van der Waals surface area contributed by atoms with E-state index in [0.717, 1.165) is 38.0 Å². The molecule has 3 heteroatoms. The SMILES string of the molecule is CCC1CCC(C2(C(=O)O)CC3CCC2O3)CC1. The van der Waals surface area contributed by atoms with Gasteiger partial charge in [-0.2, -0.15) is 0 Å². The van der Waals surface area contributed by atoms with Crippen LogP contribution in [0.2, 0.25) is 0 Å². The van der Waals surface area contributed by atoms with Crippen LogP contribution < -0.4 is 0 Å². The van der Waals surface area contributed by atoms with E-state index in [1.54, 1.807) is 0 Å². The molecule has 0 radical (unpaired) electrons. The number of carboxylic acids is 1. The first-order valence-electron chi connectivity index (χ1n) is 7.55. The lowest BCUT2D eigenvalue weighted by Crippen LogP contribution is -2.47. The molecule has 1 N–H and O–H groups in total. The topological polar surface area (TPSA) is 46.5 Å². The van der Waals surface area contributed by atoms with Gasteiger partial charge < -0.3 is 9.84 Å². The Balaban J connectivity index is 1.78. The first kappa shape index (κ1) is 12.5. The number of aliphatic carboxylic acids is 1. The van der Waals surface area contributed by atoms with Gasteiger partial charge in [-0.3, -0.25) is 4.79 Å². The number of fused-ring (bicyclic) bond motifs is 2. The second-order valence-electron chi connectivity index (χ2n) is 6.50. The minimum absolute atomic E-state index is 0.00294. The van der Waals surface area contributed by atoms with Crippen molar-refractivity contribution in [2.24, 2.45) is 17.3 Å². The van der Waals surface area contributed by atoms with Crippen molar-refractivity contribution in [3.8, 4) is 0 Å². The van der Waals surface area contributed by atoms with Crippen LogP contribution in [-0.2, 0) is 9.53 Å². The quantitative estimate of drug-likeness (QED) is 0.839. The Hall–Kier alpha value is -0.570. The molecule has 3 nitrogen and oxygen atoms in total. The van der Waals surface area contributed by atoms with Crippen LogP contribution in [0.3, 0.4) is 0 Å². The second kappa shape index (κ2) is 4.52. The summed E-state index contributed by atoms with van der Waals surface area (Å²) in [7, 11) is 0. The Morgan fingerprint density at radius 2 is 1.94 bits per heavy atom. The van der Waals surface area contributed by atoms with Crippen LogP contribution in [-0.4, -0.2) is 23.3 Å². The Morgan fingerprint density at radius 1 is 1.22 bits per heavy atom. The van der Waals surface area contributed by atoms with Gasteiger partial charge in [0, 0.05) is 0 Å². The van der Waals surface area contributed by atoms with E-state index >= 15 is 0 Å². The molecule has 1 aliphatic carbocycles. The molecule has 2 aliphatic heterocycles. The molecule has 3 rings (SSSR count). The third-order valence-corrected chi connectivity index (χ3v) is 5.80. The van der Waals surface area contributed by atoms with Crippen LogP contribution in [0.15, 0.2) is 0 Å². The largest absolute Gasteiger partial charge is 0.481 e. The molecular weight excluding hydrogens is 228 g/mol. The van der Waals surface area contributed by atoms with E-state index in [1.165, 1.54) is 19.3 Å². The summed E-state index contributed by atoms with van der Waals surface area (Å²) in [5.74, 6) is 0.592. The molecule has 3 fully saturated rings. The highest BCUT2D eigenvalue weighted by molar-refractivity contribution is 5.76. The fourth-order valence-corrected chi connectivity index (χ4v) is 4.66. The molecule has 1 saturated carbocycles. The van der Waals surface area contributed by atoms with Gasteiger partial charge in [0.1, 0.15) is 0 Å². The van der Waals surface area contributed by atoms with Crippen LogP contribution in [0.25, 0.3) is 0 Å². The summed E-state index contributed by atoms with van der Waals surface area (Å²) in [6, 6.07) is 0. The first-order chi connectivity index (χ1) is 8.66. The zero-order valence-electron chi connectivity index (χ0n) is 11.2. The third kappa shape index (κ3) is 1.70. The Morgan fingerprint density at radius 3 is 2.39 bits per heavy atom. The van der Waals surface area contributed by atoms with Crippen molar-refractivity contribution in [2.75, 3.05) is 0 Å². The van der Waals surface area contributed by atoms with Gasteiger partial charge in [0.2, 0.25) is 0 Å². The zero-order chi connectivity index (χ0) is 12.8. The minimum atomic E-state index is -0.588. The Kier molecular flexibility index (Phi) is 3.13.